The molecule has 216 valence electrons. The van der Waals surface area contributed by atoms with E-state index < -0.39 is 23.8 Å². The van der Waals surface area contributed by atoms with Crippen LogP contribution >= 0.6 is 0 Å². The summed E-state index contributed by atoms with van der Waals surface area (Å²) >= 11 is 0. The summed E-state index contributed by atoms with van der Waals surface area (Å²) in [5.41, 5.74) is 3.99. The van der Waals surface area contributed by atoms with Crippen LogP contribution in [0.4, 0.5) is 0 Å². The molecule has 0 radical (unpaired) electrons. The van der Waals surface area contributed by atoms with Gasteiger partial charge in [0.2, 0.25) is 11.8 Å². The van der Waals surface area contributed by atoms with Gasteiger partial charge in [-0.05, 0) is 59.2 Å². The van der Waals surface area contributed by atoms with Crippen molar-refractivity contribution in [1.82, 2.24) is 15.5 Å². The SMILES string of the molecule is CC(=O)N/C(=C\c1ccc(CC(=O)O)c(C=O)c1)C(=O)NC1CCCCN(Cc2ccc(-c3ccccc3)cc2)C1=O. The highest BCUT2D eigenvalue weighted by Gasteiger charge is 2.29. The quantitative estimate of drug-likeness (QED) is 0.251. The summed E-state index contributed by atoms with van der Waals surface area (Å²) in [6.45, 7) is 2.23. The molecule has 4 rings (SSSR count). The summed E-state index contributed by atoms with van der Waals surface area (Å²) in [6, 6.07) is 21.8. The van der Waals surface area contributed by atoms with Crippen LogP contribution < -0.4 is 10.6 Å². The fraction of sp³-hybridized carbons (Fsp3) is 0.242. The molecule has 3 amide bonds. The number of benzene rings is 3. The molecule has 3 aromatic rings. The van der Waals surface area contributed by atoms with Crippen molar-refractivity contribution < 1.29 is 29.1 Å². The molecule has 0 spiro atoms. The maximum atomic E-state index is 13.5. The number of likely N-dealkylation sites (tertiary alicyclic amines) is 1. The Labute approximate surface area is 244 Å². The standard InChI is InChI=1S/C33H33N3O6/c1-22(38)34-30(18-24-12-15-27(19-31(39)40)28(17-24)21-37)32(41)35-29-9-5-6-16-36(33(29)42)20-23-10-13-26(14-11-23)25-7-3-2-4-8-25/h2-4,7-8,10-15,17-18,21,29H,5-6,9,16,19-20H2,1H3,(H,34,38)(H,35,41)(H,39,40)/b30-18-. The van der Waals surface area contributed by atoms with Gasteiger partial charge in [-0.3, -0.25) is 24.0 Å². The molecular weight excluding hydrogens is 534 g/mol. The van der Waals surface area contributed by atoms with E-state index in [1.54, 1.807) is 11.0 Å². The molecule has 1 heterocycles. The summed E-state index contributed by atoms with van der Waals surface area (Å²) in [4.78, 5) is 63.1. The zero-order chi connectivity index (χ0) is 30.1. The molecule has 1 aliphatic rings. The van der Waals surface area contributed by atoms with Gasteiger partial charge in [-0.2, -0.15) is 0 Å². The third-order valence-corrected chi connectivity index (χ3v) is 7.03. The fourth-order valence-corrected chi connectivity index (χ4v) is 4.94. The van der Waals surface area contributed by atoms with Crippen LogP contribution in [-0.2, 0) is 32.1 Å². The van der Waals surface area contributed by atoms with Crippen LogP contribution in [0.1, 0.15) is 53.2 Å². The van der Waals surface area contributed by atoms with Crippen LogP contribution in [0.5, 0.6) is 0 Å². The molecule has 3 aromatic carbocycles. The van der Waals surface area contributed by atoms with Gasteiger partial charge < -0.3 is 20.6 Å². The van der Waals surface area contributed by atoms with Crippen molar-refractivity contribution >= 4 is 36.1 Å². The van der Waals surface area contributed by atoms with Gasteiger partial charge >= 0.3 is 5.97 Å². The third-order valence-electron chi connectivity index (χ3n) is 7.03. The Bertz CT molecular complexity index is 1500. The molecule has 42 heavy (non-hydrogen) atoms. The first-order chi connectivity index (χ1) is 20.2. The summed E-state index contributed by atoms with van der Waals surface area (Å²) in [6.07, 6.45) is 3.61. The summed E-state index contributed by atoms with van der Waals surface area (Å²) < 4.78 is 0. The second-order valence-corrected chi connectivity index (χ2v) is 10.2. The van der Waals surface area contributed by atoms with E-state index in [-0.39, 0.29) is 23.6 Å². The highest BCUT2D eigenvalue weighted by atomic mass is 16.4. The number of nitrogens with zero attached hydrogens (tertiary/aromatic N) is 1. The number of aliphatic carboxylic acids is 1. The Balaban J connectivity index is 1.49. The molecular formula is C33H33N3O6. The van der Waals surface area contributed by atoms with Crippen molar-refractivity contribution in [3.05, 3.63) is 101 Å². The third kappa shape index (κ3) is 8.00. The predicted molar refractivity (Wildman–Crippen MR) is 158 cm³/mol. The van der Waals surface area contributed by atoms with Crippen molar-refractivity contribution in [2.45, 2.75) is 45.2 Å². The average molecular weight is 568 g/mol. The van der Waals surface area contributed by atoms with Gasteiger partial charge in [0.05, 0.1) is 6.42 Å². The van der Waals surface area contributed by atoms with E-state index in [1.807, 2.05) is 54.6 Å². The van der Waals surface area contributed by atoms with E-state index >= 15 is 0 Å². The predicted octanol–water partition coefficient (Wildman–Crippen LogP) is 3.97. The first-order valence-electron chi connectivity index (χ1n) is 13.8. The lowest BCUT2D eigenvalue weighted by Gasteiger charge is -2.25. The Morgan fingerprint density at radius 2 is 1.69 bits per heavy atom. The van der Waals surface area contributed by atoms with Crippen molar-refractivity contribution in [3.8, 4) is 11.1 Å². The van der Waals surface area contributed by atoms with Crippen molar-refractivity contribution in [2.24, 2.45) is 0 Å². The largest absolute Gasteiger partial charge is 0.481 e. The molecule has 9 heteroatoms. The van der Waals surface area contributed by atoms with Gasteiger partial charge in [0.25, 0.3) is 5.91 Å². The van der Waals surface area contributed by atoms with Gasteiger partial charge in [0, 0.05) is 25.6 Å². The van der Waals surface area contributed by atoms with Gasteiger partial charge in [0.15, 0.2) is 0 Å². The average Bonchev–Trinajstić information content (AvgIpc) is 3.14. The van der Waals surface area contributed by atoms with Crippen molar-refractivity contribution in [2.75, 3.05) is 6.54 Å². The molecule has 1 aliphatic heterocycles. The first-order valence-corrected chi connectivity index (χ1v) is 13.8. The minimum absolute atomic E-state index is 0.0922. The van der Waals surface area contributed by atoms with Crippen LogP contribution in [0.2, 0.25) is 0 Å². The van der Waals surface area contributed by atoms with Gasteiger partial charge in [-0.25, -0.2) is 0 Å². The summed E-state index contributed by atoms with van der Waals surface area (Å²) in [7, 11) is 0. The molecule has 0 saturated carbocycles. The molecule has 1 atom stereocenters. The number of carbonyl (C=O) groups is 5. The normalized spacial score (nSPS) is 15.5. The Morgan fingerprint density at radius 3 is 2.36 bits per heavy atom. The minimum Gasteiger partial charge on any atom is -0.481 e. The fourth-order valence-electron chi connectivity index (χ4n) is 4.94. The van der Waals surface area contributed by atoms with Crippen LogP contribution in [0, 0.1) is 0 Å². The number of carboxylic acids is 1. The Kier molecular flexibility index (Phi) is 9.99. The number of amides is 3. The van der Waals surface area contributed by atoms with Crippen LogP contribution in [0.3, 0.4) is 0 Å². The number of carboxylic acid groups (broad SMARTS) is 1. The second kappa shape index (κ2) is 14.0. The lowest BCUT2D eigenvalue weighted by atomic mass is 10.0. The molecule has 3 N–H and O–H groups in total. The molecule has 0 aromatic heterocycles. The lowest BCUT2D eigenvalue weighted by molar-refractivity contribution is -0.136. The van der Waals surface area contributed by atoms with Crippen molar-refractivity contribution in [1.29, 1.82) is 0 Å². The highest BCUT2D eigenvalue weighted by molar-refractivity contribution is 6.03. The number of hydrogen-bond acceptors (Lipinski definition) is 5. The molecule has 1 unspecified atom stereocenters. The Hall–Kier alpha value is -5.05. The molecule has 1 fully saturated rings. The van der Waals surface area contributed by atoms with E-state index in [1.165, 1.54) is 25.1 Å². The Morgan fingerprint density at radius 1 is 0.976 bits per heavy atom. The lowest BCUT2D eigenvalue weighted by Crippen LogP contribution is -2.48. The molecule has 0 bridgehead atoms. The molecule has 9 nitrogen and oxygen atoms in total. The summed E-state index contributed by atoms with van der Waals surface area (Å²) in [5.74, 6) is -2.40. The van der Waals surface area contributed by atoms with E-state index in [9.17, 15) is 24.0 Å². The molecule has 1 saturated heterocycles. The zero-order valence-corrected chi connectivity index (χ0v) is 23.3. The summed E-state index contributed by atoms with van der Waals surface area (Å²) in [5, 5.41) is 14.4. The monoisotopic (exact) mass is 567 g/mol. The smallest absolute Gasteiger partial charge is 0.307 e. The van der Waals surface area contributed by atoms with Crippen LogP contribution in [0.25, 0.3) is 17.2 Å². The maximum Gasteiger partial charge on any atom is 0.307 e. The first kappa shape index (κ1) is 29.9. The van der Waals surface area contributed by atoms with Crippen LogP contribution in [-0.4, -0.2) is 52.6 Å². The van der Waals surface area contributed by atoms with Crippen LogP contribution in [0.15, 0.2) is 78.5 Å². The zero-order valence-electron chi connectivity index (χ0n) is 23.3. The highest BCUT2D eigenvalue weighted by Crippen LogP contribution is 2.21. The maximum absolute atomic E-state index is 13.5. The number of carbonyl (C=O) groups excluding carboxylic acids is 4. The number of rotatable bonds is 10. The van der Waals surface area contributed by atoms with E-state index in [2.05, 4.69) is 10.6 Å². The van der Waals surface area contributed by atoms with Gasteiger partial charge in [-0.15, -0.1) is 0 Å². The minimum atomic E-state index is -1.08. The van der Waals surface area contributed by atoms with Crippen molar-refractivity contribution in [3.63, 3.8) is 0 Å². The molecule has 0 aliphatic carbocycles. The van der Waals surface area contributed by atoms with E-state index in [0.29, 0.717) is 36.9 Å². The topological polar surface area (TPSA) is 133 Å². The number of aldehydes is 1. The van der Waals surface area contributed by atoms with E-state index in [0.717, 1.165) is 29.5 Å². The number of nitrogens with one attached hydrogen (secondary N) is 2. The van der Waals surface area contributed by atoms with E-state index in [4.69, 9.17) is 5.11 Å². The van der Waals surface area contributed by atoms with Gasteiger partial charge in [-0.1, -0.05) is 66.7 Å². The second-order valence-electron chi connectivity index (χ2n) is 10.2. The number of hydrogen-bond donors (Lipinski definition) is 3. The van der Waals surface area contributed by atoms with Gasteiger partial charge in [0.1, 0.15) is 18.0 Å².